The molecule has 4 rings (SSSR count). The molecule has 1 unspecified atom stereocenters. The van der Waals surface area contributed by atoms with E-state index in [0.29, 0.717) is 6.54 Å². The fourth-order valence-corrected chi connectivity index (χ4v) is 5.02. The summed E-state index contributed by atoms with van der Waals surface area (Å²) in [6.07, 6.45) is 2.89. The van der Waals surface area contributed by atoms with Crippen molar-refractivity contribution in [3.05, 3.63) is 107 Å². The van der Waals surface area contributed by atoms with Crippen LogP contribution in [0.15, 0.2) is 78.9 Å². The van der Waals surface area contributed by atoms with Crippen molar-refractivity contribution >= 4 is 6.03 Å². The van der Waals surface area contributed by atoms with Gasteiger partial charge in [-0.05, 0) is 79.2 Å². The van der Waals surface area contributed by atoms with Crippen molar-refractivity contribution in [1.82, 2.24) is 15.1 Å². The number of halogens is 2. The summed E-state index contributed by atoms with van der Waals surface area (Å²) in [4.78, 5) is 17.4. The maximum absolute atomic E-state index is 13.7. The van der Waals surface area contributed by atoms with Crippen molar-refractivity contribution in [3.8, 4) is 0 Å². The SMILES string of the molecule is CNC(=O)N(Cc1ccc(F)cc1)C(c1ccc(F)cc1)C1CCN(CCc2ccccc2)CC1. The van der Waals surface area contributed by atoms with E-state index in [1.807, 2.05) is 11.0 Å². The Kier molecular flexibility index (Phi) is 8.48. The lowest BCUT2D eigenvalue weighted by Crippen LogP contribution is -2.46. The molecule has 1 aliphatic rings. The lowest BCUT2D eigenvalue weighted by atomic mass is 9.84. The van der Waals surface area contributed by atoms with Gasteiger partial charge in [0, 0.05) is 20.1 Å². The number of likely N-dealkylation sites (tertiary alicyclic amines) is 1. The highest BCUT2D eigenvalue weighted by atomic mass is 19.1. The molecule has 0 aromatic heterocycles. The number of hydrogen-bond donors (Lipinski definition) is 1. The molecule has 0 radical (unpaired) electrons. The van der Waals surface area contributed by atoms with Crippen molar-refractivity contribution < 1.29 is 13.6 Å². The second-order valence-electron chi connectivity index (χ2n) is 9.22. The Hall–Kier alpha value is -3.25. The second kappa shape index (κ2) is 11.9. The highest BCUT2D eigenvalue weighted by Gasteiger charge is 2.34. The van der Waals surface area contributed by atoms with E-state index in [-0.39, 0.29) is 29.6 Å². The molecule has 1 atom stereocenters. The molecule has 6 heteroatoms. The van der Waals surface area contributed by atoms with Gasteiger partial charge in [0.05, 0.1) is 6.04 Å². The van der Waals surface area contributed by atoms with Gasteiger partial charge in [-0.2, -0.15) is 0 Å². The average molecular weight is 478 g/mol. The van der Waals surface area contributed by atoms with Crippen molar-refractivity contribution in [1.29, 1.82) is 0 Å². The number of benzene rings is 3. The van der Waals surface area contributed by atoms with Crippen molar-refractivity contribution in [3.63, 3.8) is 0 Å². The van der Waals surface area contributed by atoms with E-state index >= 15 is 0 Å². The fraction of sp³-hybridized carbons (Fsp3) is 0.345. The fourth-order valence-electron chi connectivity index (χ4n) is 5.02. The van der Waals surface area contributed by atoms with Crippen LogP contribution in [0.5, 0.6) is 0 Å². The number of carbonyl (C=O) groups is 1. The molecule has 1 aliphatic heterocycles. The number of amides is 2. The number of urea groups is 1. The number of carbonyl (C=O) groups excluding carboxylic acids is 1. The van der Waals surface area contributed by atoms with Gasteiger partial charge in [0.1, 0.15) is 11.6 Å². The molecule has 35 heavy (non-hydrogen) atoms. The number of hydrogen-bond acceptors (Lipinski definition) is 2. The summed E-state index contributed by atoms with van der Waals surface area (Å²) in [5.74, 6) is -0.377. The van der Waals surface area contributed by atoms with Gasteiger partial charge in [-0.15, -0.1) is 0 Å². The minimum atomic E-state index is -0.307. The van der Waals surface area contributed by atoms with Crippen LogP contribution in [0.4, 0.5) is 13.6 Å². The summed E-state index contributed by atoms with van der Waals surface area (Å²) in [5.41, 5.74) is 3.10. The van der Waals surface area contributed by atoms with Crippen LogP contribution < -0.4 is 5.32 Å². The molecule has 3 aromatic rings. The smallest absolute Gasteiger partial charge is 0.317 e. The third kappa shape index (κ3) is 6.67. The molecule has 0 bridgehead atoms. The van der Waals surface area contributed by atoms with E-state index in [9.17, 15) is 13.6 Å². The Bertz CT molecular complexity index is 1070. The van der Waals surface area contributed by atoms with Gasteiger partial charge in [0.25, 0.3) is 0 Å². The van der Waals surface area contributed by atoms with E-state index in [2.05, 4.69) is 34.5 Å². The Morgan fingerprint density at radius 1 is 0.914 bits per heavy atom. The van der Waals surface area contributed by atoms with Gasteiger partial charge < -0.3 is 15.1 Å². The van der Waals surface area contributed by atoms with Crippen LogP contribution in [0.2, 0.25) is 0 Å². The van der Waals surface area contributed by atoms with E-state index in [4.69, 9.17) is 0 Å². The summed E-state index contributed by atoms with van der Waals surface area (Å²) in [7, 11) is 1.62. The third-order valence-corrected chi connectivity index (χ3v) is 6.93. The molecule has 184 valence electrons. The maximum Gasteiger partial charge on any atom is 0.317 e. The summed E-state index contributed by atoms with van der Waals surface area (Å²) >= 11 is 0. The summed E-state index contributed by atoms with van der Waals surface area (Å²) in [5, 5.41) is 2.77. The van der Waals surface area contributed by atoms with E-state index in [1.54, 1.807) is 31.3 Å². The highest BCUT2D eigenvalue weighted by Crippen LogP contribution is 2.37. The first-order valence-electron chi connectivity index (χ1n) is 12.3. The van der Waals surface area contributed by atoms with Gasteiger partial charge in [0.15, 0.2) is 0 Å². The monoisotopic (exact) mass is 477 g/mol. The number of nitrogens with zero attached hydrogens (tertiary/aromatic N) is 2. The molecule has 1 fully saturated rings. The quantitative estimate of drug-likeness (QED) is 0.445. The molecule has 2 amide bonds. The Morgan fingerprint density at radius 2 is 1.51 bits per heavy atom. The molecule has 0 spiro atoms. The first-order valence-corrected chi connectivity index (χ1v) is 12.3. The molecule has 3 aromatic carbocycles. The second-order valence-corrected chi connectivity index (χ2v) is 9.22. The summed E-state index contributed by atoms with van der Waals surface area (Å²) in [6, 6.07) is 22.8. The molecule has 1 heterocycles. The van der Waals surface area contributed by atoms with Crippen LogP contribution in [0.25, 0.3) is 0 Å². The van der Waals surface area contributed by atoms with E-state index in [1.165, 1.54) is 29.8 Å². The summed E-state index contributed by atoms with van der Waals surface area (Å²) < 4.78 is 27.2. The first kappa shape index (κ1) is 24.9. The van der Waals surface area contributed by atoms with Gasteiger partial charge in [-0.25, -0.2) is 13.6 Å². The third-order valence-electron chi connectivity index (χ3n) is 6.93. The zero-order valence-corrected chi connectivity index (χ0v) is 20.2. The largest absolute Gasteiger partial charge is 0.341 e. The van der Waals surface area contributed by atoms with Crippen LogP contribution in [-0.2, 0) is 13.0 Å². The molecule has 4 nitrogen and oxygen atoms in total. The molecule has 1 saturated heterocycles. The normalized spacial score (nSPS) is 15.5. The zero-order chi connectivity index (χ0) is 24.6. The van der Waals surface area contributed by atoms with Crippen LogP contribution >= 0.6 is 0 Å². The van der Waals surface area contributed by atoms with Gasteiger partial charge in [-0.3, -0.25) is 0 Å². The molecule has 0 aliphatic carbocycles. The Morgan fingerprint density at radius 3 is 2.11 bits per heavy atom. The van der Waals surface area contributed by atoms with Gasteiger partial charge in [-0.1, -0.05) is 54.6 Å². The topological polar surface area (TPSA) is 35.6 Å². The molecule has 1 N–H and O–H groups in total. The molecular weight excluding hydrogens is 444 g/mol. The van der Waals surface area contributed by atoms with Crippen LogP contribution in [0.1, 0.15) is 35.6 Å². The Labute approximate surface area is 206 Å². The minimum absolute atomic E-state index is 0.199. The molecule has 0 saturated carbocycles. The average Bonchev–Trinajstić information content (AvgIpc) is 2.90. The van der Waals surface area contributed by atoms with Crippen LogP contribution in [0, 0.1) is 17.6 Å². The zero-order valence-electron chi connectivity index (χ0n) is 20.2. The number of rotatable bonds is 8. The standard InChI is InChI=1S/C29H33F2N3O/c1-32-29(35)34(21-23-7-11-26(30)12-8-23)28(24-9-13-27(31)14-10-24)25-16-19-33(20-17-25)18-15-22-5-3-2-4-6-22/h2-14,25,28H,15-21H2,1H3,(H,32,35). The van der Waals surface area contributed by atoms with Gasteiger partial charge >= 0.3 is 6.03 Å². The van der Waals surface area contributed by atoms with Crippen molar-refractivity contribution in [2.24, 2.45) is 5.92 Å². The number of nitrogens with one attached hydrogen (secondary N) is 1. The van der Waals surface area contributed by atoms with Gasteiger partial charge in [0.2, 0.25) is 0 Å². The lowest BCUT2D eigenvalue weighted by Gasteiger charge is -2.41. The van der Waals surface area contributed by atoms with E-state index < -0.39 is 0 Å². The van der Waals surface area contributed by atoms with Crippen molar-refractivity contribution in [2.45, 2.75) is 31.8 Å². The lowest BCUT2D eigenvalue weighted by molar-refractivity contribution is 0.0978. The Balaban J connectivity index is 1.52. The maximum atomic E-state index is 13.7. The van der Waals surface area contributed by atoms with Crippen LogP contribution in [0.3, 0.4) is 0 Å². The number of piperidine rings is 1. The highest BCUT2D eigenvalue weighted by molar-refractivity contribution is 5.74. The first-order chi connectivity index (χ1) is 17.0. The minimum Gasteiger partial charge on any atom is -0.341 e. The van der Waals surface area contributed by atoms with Crippen molar-refractivity contribution in [2.75, 3.05) is 26.7 Å². The predicted octanol–water partition coefficient (Wildman–Crippen LogP) is 5.80. The predicted molar refractivity (Wildman–Crippen MR) is 135 cm³/mol. The molecular formula is C29H33F2N3O. The summed E-state index contributed by atoms with van der Waals surface area (Å²) in [6.45, 7) is 3.25. The van der Waals surface area contributed by atoms with Crippen LogP contribution in [-0.4, -0.2) is 42.5 Å². The van der Waals surface area contributed by atoms with E-state index in [0.717, 1.165) is 50.0 Å².